The van der Waals surface area contributed by atoms with E-state index in [1.807, 2.05) is 6.92 Å². The number of carbonyl (C=O) groups is 1. The molecular weight excluding hydrogens is 288 g/mol. The van der Waals surface area contributed by atoms with E-state index in [4.69, 9.17) is 4.74 Å². The number of amides is 1. The van der Waals surface area contributed by atoms with Crippen molar-refractivity contribution in [1.29, 1.82) is 0 Å². The second-order valence-corrected chi connectivity index (χ2v) is 6.11. The lowest BCUT2D eigenvalue weighted by atomic mass is 9.91. The molecule has 3 rings (SSSR count). The SMILES string of the molecule is CC[C@@H]1C[C@@H](C(=O)N2CCCc3cc(F)cc(F)c32)CCO1. The summed E-state index contributed by atoms with van der Waals surface area (Å²) < 4.78 is 33.2. The predicted octanol–water partition coefficient (Wildman–Crippen LogP) is 3.45. The van der Waals surface area contributed by atoms with Gasteiger partial charge >= 0.3 is 0 Å². The van der Waals surface area contributed by atoms with Crippen molar-refractivity contribution < 1.29 is 18.3 Å². The average Bonchev–Trinajstić information content (AvgIpc) is 2.53. The third kappa shape index (κ3) is 2.86. The van der Waals surface area contributed by atoms with Crippen LogP contribution in [0.15, 0.2) is 12.1 Å². The minimum absolute atomic E-state index is 0.0480. The Hall–Kier alpha value is -1.49. The topological polar surface area (TPSA) is 29.5 Å². The summed E-state index contributed by atoms with van der Waals surface area (Å²) in [6.07, 6.45) is 3.68. The molecule has 1 saturated heterocycles. The summed E-state index contributed by atoms with van der Waals surface area (Å²) in [5, 5.41) is 0. The Kier molecular flexibility index (Phi) is 4.43. The highest BCUT2D eigenvalue weighted by molar-refractivity contribution is 5.96. The summed E-state index contributed by atoms with van der Waals surface area (Å²) in [7, 11) is 0. The number of aryl methyl sites for hydroxylation is 1. The molecule has 2 aliphatic rings. The fourth-order valence-electron chi connectivity index (χ4n) is 3.48. The summed E-state index contributed by atoms with van der Waals surface area (Å²) in [4.78, 5) is 14.3. The summed E-state index contributed by atoms with van der Waals surface area (Å²) in [6.45, 7) is 3.11. The molecule has 1 fully saturated rings. The van der Waals surface area contributed by atoms with Gasteiger partial charge in [0.25, 0.3) is 0 Å². The van der Waals surface area contributed by atoms with E-state index < -0.39 is 11.6 Å². The molecule has 0 saturated carbocycles. The van der Waals surface area contributed by atoms with Gasteiger partial charge in [-0.25, -0.2) is 8.78 Å². The summed E-state index contributed by atoms with van der Waals surface area (Å²) in [6, 6.07) is 2.21. The summed E-state index contributed by atoms with van der Waals surface area (Å²) in [5.41, 5.74) is 0.869. The molecule has 1 aromatic rings. The van der Waals surface area contributed by atoms with E-state index in [0.717, 1.165) is 18.9 Å². The fourth-order valence-corrected chi connectivity index (χ4v) is 3.48. The van der Waals surface area contributed by atoms with Gasteiger partial charge in [0, 0.05) is 25.1 Å². The first-order chi connectivity index (χ1) is 10.6. The average molecular weight is 309 g/mol. The van der Waals surface area contributed by atoms with Gasteiger partial charge in [-0.2, -0.15) is 0 Å². The number of hydrogen-bond acceptors (Lipinski definition) is 2. The van der Waals surface area contributed by atoms with Crippen molar-refractivity contribution in [2.45, 2.75) is 45.1 Å². The molecule has 2 heterocycles. The van der Waals surface area contributed by atoms with Crippen LogP contribution in [0.4, 0.5) is 14.5 Å². The first kappa shape index (κ1) is 15.4. The third-order valence-electron chi connectivity index (χ3n) is 4.64. The minimum Gasteiger partial charge on any atom is -0.378 e. The van der Waals surface area contributed by atoms with Gasteiger partial charge in [0.2, 0.25) is 5.91 Å². The summed E-state index contributed by atoms with van der Waals surface area (Å²) >= 11 is 0. The number of fused-ring (bicyclic) bond motifs is 1. The maximum Gasteiger partial charge on any atom is 0.230 e. The molecule has 5 heteroatoms. The molecule has 0 aliphatic carbocycles. The number of rotatable bonds is 2. The van der Waals surface area contributed by atoms with Gasteiger partial charge in [-0.15, -0.1) is 0 Å². The van der Waals surface area contributed by atoms with Crippen LogP contribution < -0.4 is 4.90 Å². The lowest BCUT2D eigenvalue weighted by molar-refractivity contribution is -0.127. The smallest absolute Gasteiger partial charge is 0.230 e. The Balaban J connectivity index is 1.86. The monoisotopic (exact) mass is 309 g/mol. The number of halogens is 2. The highest BCUT2D eigenvalue weighted by Gasteiger charge is 2.34. The molecule has 0 bridgehead atoms. The van der Waals surface area contributed by atoms with E-state index in [-0.39, 0.29) is 23.6 Å². The number of ether oxygens (including phenoxy) is 1. The molecule has 1 amide bonds. The van der Waals surface area contributed by atoms with E-state index in [9.17, 15) is 13.6 Å². The fraction of sp³-hybridized carbons (Fsp3) is 0.588. The first-order valence-electron chi connectivity index (χ1n) is 8.01. The van der Waals surface area contributed by atoms with Gasteiger partial charge in [-0.3, -0.25) is 4.79 Å². The molecule has 2 aliphatic heterocycles. The Morgan fingerprint density at radius 1 is 1.41 bits per heavy atom. The molecule has 1 aromatic carbocycles. The Bertz CT molecular complexity index is 576. The largest absolute Gasteiger partial charge is 0.378 e. The molecule has 120 valence electrons. The van der Waals surface area contributed by atoms with Crippen molar-refractivity contribution in [3.8, 4) is 0 Å². The lowest BCUT2D eigenvalue weighted by Gasteiger charge is -2.35. The van der Waals surface area contributed by atoms with Gasteiger partial charge in [0.1, 0.15) is 11.6 Å². The van der Waals surface area contributed by atoms with E-state index in [1.54, 1.807) is 0 Å². The number of anilines is 1. The first-order valence-corrected chi connectivity index (χ1v) is 8.01. The van der Waals surface area contributed by atoms with Crippen LogP contribution >= 0.6 is 0 Å². The standard InChI is InChI=1S/C17H21F2NO2/c1-2-14-9-12(5-7-22-14)17(21)20-6-3-4-11-8-13(18)10-15(19)16(11)20/h8,10,12,14H,2-7,9H2,1H3/t12-,14+/m0/s1. The van der Waals surface area contributed by atoms with Crippen molar-refractivity contribution >= 4 is 11.6 Å². The molecule has 0 N–H and O–H groups in total. The second-order valence-electron chi connectivity index (χ2n) is 6.11. The van der Waals surface area contributed by atoms with E-state index >= 15 is 0 Å². The van der Waals surface area contributed by atoms with Crippen molar-refractivity contribution in [2.75, 3.05) is 18.1 Å². The lowest BCUT2D eigenvalue weighted by Crippen LogP contribution is -2.43. The quantitative estimate of drug-likeness (QED) is 0.837. The molecule has 3 nitrogen and oxygen atoms in total. The van der Waals surface area contributed by atoms with Crippen molar-refractivity contribution in [1.82, 2.24) is 0 Å². The Morgan fingerprint density at radius 2 is 2.23 bits per heavy atom. The van der Waals surface area contributed by atoms with Crippen LogP contribution in [0, 0.1) is 17.6 Å². The molecular formula is C17H21F2NO2. The van der Waals surface area contributed by atoms with Crippen LogP contribution in [0.25, 0.3) is 0 Å². The summed E-state index contributed by atoms with van der Waals surface area (Å²) in [5.74, 6) is -1.40. The van der Waals surface area contributed by atoms with Crippen LogP contribution in [0.5, 0.6) is 0 Å². The van der Waals surface area contributed by atoms with Crippen LogP contribution in [0.2, 0.25) is 0 Å². The van der Waals surface area contributed by atoms with E-state index in [1.165, 1.54) is 11.0 Å². The zero-order chi connectivity index (χ0) is 15.7. The normalized spacial score (nSPS) is 25.0. The van der Waals surface area contributed by atoms with Crippen LogP contribution in [0.3, 0.4) is 0 Å². The second kappa shape index (κ2) is 6.32. The van der Waals surface area contributed by atoms with Gasteiger partial charge in [0.05, 0.1) is 11.8 Å². The van der Waals surface area contributed by atoms with Crippen molar-refractivity contribution in [2.24, 2.45) is 5.92 Å². The van der Waals surface area contributed by atoms with Crippen molar-refractivity contribution in [3.63, 3.8) is 0 Å². The number of nitrogens with zero attached hydrogens (tertiary/aromatic N) is 1. The van der Waals surface area contributed by atoms with Gasteiger partial charge < -0.3 is 9.64 Å². The zero-order valence-corrected chi connectivity index (χ0v) is 12.8. The van der Waals surface area contributed by atoms with Gasteiger partial charge in [-0.05, 0) is 43.7 Å². The number of hydrogen-bond donors (Lipinski definition) is 0. The highest BCUT2D eigenvalue weighted by Crippen LogP contribution is 2.34. The molecule has 22 heavy (non-hydrogen) atoms. The third-order valence-corrected chi connectivity index (χ3v) is 4.64. The van der Waals surface area contributed by atoms with Crippen LogP contribution in [0.1, 0.15) is 38.2 Å². The zero-order valence-electron chi connectivity index (χ0n) is 12.8. The molecule has 0 radical (unpaired) electrons. The van der Waals surface area contributed by atoms with Gasteiger partial charge in [-0.1, -0.05) is 6.92 Å². The number of benzene rings is 1. The molecule has 0 unspecified atom stereocenters. The minimum atomic E-state index is -0.637. The number of carbonyl (C=O) groups excluding carboxylic acids is 1. The van der Waals surface area contributed by atoms with E-state index in [2.05, 4.69) is 0 Å². The molecule has 0 spiro atoms. The molecule has 2 atom stereocenters. The maximum atomic E-state index is 14.2. The maximum absolute atomic E-state index is 14.2. The van der Waals surface area contributed by atoms with E-state index in [0.29, 0.717) is 38.0 Å². The Morgan fingerprint density at radius 3 is 3.00 bits per heavy atom. The molecule has 0 aromatic heterocycles. The van der Waals surface area contributed by atoms with Crippen LogP contribution in [-0.2, 0) is 16.0 Å². The van der Waals surface area contributed by atoms with Gasteiger partial charge in [0.15, 0.2) is 0 Å². The van der Waals surface area contributed by atoms with Crippen LogP contribution in [-0.4, -0.2) is 25.2 Å². The van der Waals surface area contributed by atoms with Crippen molar-refractivity contribution in [3.05, 3.63) is 29.3 Å². The Labute approximate surface area is 129 Å². The highest BCUT2D eigenvalue weighted by atomic mass is 19.1. The predicted molar refractivity (Wildman–Crippen MR) is 79.8 cm³/mol.